The van der Waals surface area contributed by atoms with Crippen LogP contribution < -0.4 is 0 Å². The SMILES string of the molecule is CCN(CC)C(=O)c1cc(Cl)cs1. The summed E-state index contributed by atoms with van der Waals surface area (Å²) in [5, 5.41) is 2.42. The first-order valence-corrected chi connectivity index (χ1v) is 5.48. The Morgan fingerprint density at radius 3 is 2.54 bits per heavy atom. The number of hydrogen-bond acceptors (Lipinski definition) is 2. The Hall–Kier alpha value is -0.540. The number of rotatable bonds is 3. The number of thiophene rings is 1. The number of nitrogens with zero attached hydrogens (tertiary/aromatic N) is 1. The van der Waals surface area contributed by atoms with Crippen LogP contribution in [0.15, 0.2) is 11.4 Å². The molecule has 0 spiro atoms. The number of hydrogen-bond donors (Lipinski definition) is 0. The summed E-state index contributed by atoms with van der Waals surface area (Å²) in [6, 6.07) is 1.72. The Morgan fingerprint density at radius 2 is 2.15 bits per heavy atom. The van der Waals surface area contributed by atoms with E-state index in [4.69, 9.17) is 11.6 Å². The highest BCUT2D eigenvalue weighted by molar-refractivity contribution is 7.12. The molecule has 1 heterocycles. The van der Waals surface area contributed by atoms with Crippen molar-refractivity contribution in [1.82, 2.24) is 4.90 Å². The van der Waals surface area contributed by atoms with E-state index in [1.54, 1.807) is 16.3 Å². The van der Waals surface area contributed by atoms with Crippen LogP contribution in [0.1, 0.15) is 23.5 Å². The zero-order valence-electron chi connectivity index (χ0n) is 7.71. The topological polar surface area (TPSA) is 20.3 Å². The first-order valence-electron chi connectivity index (χ1n) is 4.22. The summed E-state index contributed by atoms with van der Waals surface area (Å²) in [4.78, 5) is 14.2. The second-order valence-corrected chi connectivity index (χ2v) is 3.95. The van der Waals surface area contributed by atoms with Gasteiger partial charge in [0.25, 0.3) is 5.91 Å². The van der Waals surface area contributed by atoms with Crippen molar-refractivity contribution >= 4 is 28.8 Å². The largest absolute Gasteiger partial charge is 0.339 e. The molecule has 2 nitrogen and oxygen atoms in total. The minimum absolute atomic E-state index is 0.0712. The molecule has 0 atom stereocenters. The van der Waals surface area contributed by atoms with Crippen LogP contribution >= 0.6 is 22.9 Å². The van der Waals surface area contributed by atoms with E-state index in [-0.39, 0.29) is 5.91 Å². The van der Waals surface area contributed by atoms with Crippen LogP contribution in [0.25, 0.3) is 0 Å². The summed E-state index contributed by atoms with van der Waals surface area (Å²) >= 11 is 7.13. The van der Waals surface area contributed by atoms with Crippen LogP contribution in [0.3, 0.4) is 0 Å². The van der Waals surface area contributed by atoms with E-state index < -0.39 is 0 Å². The summed E-state index contributed by atoms with van der Waals surface area (Å²) in [5.74, 6) is 0.0712. The molecule has 13 heavy (non-hydrogen) atoms. The maximum Gasteiger partial charge on any atom is 0.263 e. The number of carbonyl (C=O) groups is 1. The van der Waals surface area contributed by atoms with E-state index in [2.05, 4.69) is 0 Å². The van der Waals surface area contributed by atoms with E-state index in [0.717, 1.165) is 13.1 Å². The molecular weight excluding hydrogens is 206 g/mol. The smallest absolute Gasteiger partial charge is 0.263 e. The van der Waals surface area contributed by atoms with Gasteiger partial charge in [0, 0.05) is 18.5 Å². The van der Waals surface area contributed by atoms with Gasteiger partial charge >= 0.3 is 0 Å². The fourth-order valence-corrected chi connectivity index (χ4v) is 2.13. The highest BCUT2D eigenvalue weighted by Crippen LogP contribution is 2.20. The average molecular weight is 218 g/mol. The molecule has 0 saturated carbocycles. The molecule has 72 valence electrons. The second-order valence-electron chi connectivity index (χ2n) is 2.61. The van der Waals surface area contributed by atoms with Gasteiger partial charge in [-0.05, 0) is 19.9 Å². The third-order valence-electron chi connectivity index (χ3n) is 1.83. The van der Waals surface area contributed by atoms with E-state index in [0.29, 0.717) is 9.90 Å². The molecular formula is C9H12ClNOS. The molecule has 0 aliphatic rings. The third kappa shape index (κ3) is 2.45. The minimum Gasteiger partial charge on any atom is -0.339 e. The molecule has 0 N–H and O–H groups in total. The maximum atomic E-state index is 11.7. The van der Waals surface area contributed by atoms with Crippen LogP contribution in [0.5, 0.6) is 0 Å². The van der Waals surface area contributed by atoms with Gasteiger partial charge in [-0.2, -0.15) is 0 Å². The van der Waals surface area contributed by atoms with Crippen molar-refractivity contribution in [3.63, 3.8) is 0 Å². The third-order valence-corrected chi connectivity index (χ3v) is 3.09. The Bertz CT molecular complexity index is 294. The van der Waals surface area contributed by atoms with E-state index in [9.17, 15) is 4.79 Å². The normalized spacial score (nSPS) is 10.1. The zero-order valence-corrected chi connectivity index (χ0v) is 9.28. The van der Waals surface area contributed by atoms with Crippen LogP contribution in [0.4, 0.5) is 0 Å². The average Bonchev–Trinajstić information content (AvgIpc) is 2.54. The van der Waals surface area contributed by atoms with Gasteiger partial charge in [-0.3, -0.25) is 4.79 Å². The van der Waals surface area contributed by atoms with E-state index >= 15 is 0 Å². The summed E-state index contributed by atoms with van der Waals surface area (Å²) in [6.45, 7) is 5.42. The molecule has 0 unspecified atom stereocenters. The summed E-state index contributed by atoms with van der Waals surface area (Å²) < 4.78 is 0. The fraction of sp³-hybridized carbons (Fsp3) is 0.444. The predicted octanol–water partition coefficient (Wildman–Crippen LogP) is 2.88. The van der Waals surface area contributed by atoms with Gasteiger partial charge in [-0.15, -0.1) is 11.3 Å². The van der Waals surface area contributed by atoms with Crippen LogP contribution in [0, 0.1) is 0 Å². The lowest BCUT2D eigenvalue weighted by molar-refractivity contribution is 0.0778. The van der Waals surface area contributed by atoms with Gasteiger partial charge < -0.3 is 4.90 Å². The number of carbonyl (C=O) groups excluding carboxylic acids is 1. The van der Waals surface area contributed by atoms with Crippen molar-refractivity contribution in [2.75, 3.05) is 13.1 Å². The lowest BCUT2D eigenvalue weighted by Crippen LogP contribution is -2.29. The molecule has 0 radical (unpaired) electrons. The molecule has 0 aromatic carbocycles. The number of halogens is 1. The van der Waals surface area contributed by atoms with Gasteiger partial charge in [0.1, 0.15) is 0 Å². The fourth-order valence-electron chi connectivity index (χ4n) is 1.09. The van der Waals surface area contributed by atoms with Crippen LogP contribution in [0.2, 0.25) is 5.02 Å². The molecule has 1 rings (SSSR count). The van der Waals surface area contributed by atoms with Crippen molar-refractivity contribution in [2.24, 2.45) is 0 Å². The summed E-state index contributed by atoms with van der Waals surface area (Å²) in [6.07, 6.45) is 0. The maximum absolute atomic E-state index is 11.7. The first kappa shape index (κ1) is 10.5. The predicted molar refractivity (Wildman–Crippen MR) is 56.6 cm³/mol. The molecule has 0 saturated heterocycles. The highest BCUT2D eigenvalue weighted by Gasteiger charge is 2.13. The molecule has 4 heteroatoms. The second kappa shape index (κ2) is 4.63. The van der Waals surface area contributed by atoms with Gasteiger partial charge in [-0.1, -0.05) is 11.6 Å². The first-order chi connectivity index (χ1) is 6.19. The molecule has 0 aliphatic heterocycles. The van der Waals surface area contributed by atoms with E-state index in [1.807, 2.05) is 13.8 Å². The molecule has 1 amide bonds. The summed E-state index contributed by atoms with van der Waals surface area (Å²) in [7, 11) is 0. The van der Waals surface area contributed by atoms with Gasteiger partial charge in [0.2, 0.25) is 0 Å². The minimum atomic E-state index is 0.0712. The van der Waals surface area contributed by atoms with Crippen molar-refractivity contribution in [2.45, 2.75) is 13.8 Å². The quantitative estimate of drug-likeness (QED) is 0.763. The Kier molecular flexibility index (Phi) is 3.75. The Labute approximate surface area is 87.1 Å². The molecule has 0 fully saturated rings. The zero-order chi connectivity index (χ0) is 9.84. The monoisotopic (exact) mass is 217 g/mol. The lowest BCUT2D eigenvalue weighted by atomic mass is 10.4. The molecule has 1 aromatic heterocycles. The Balaban J connectivity index is 2.78. The van der Waals surface area contributed by atoms with Crippen LogP contribution in [-0.2, 0) is 0 Å². The van der Waals surface area contributed by atoms with Gasteiger partial charge in [0.05, 0.1) is 9.90 Å². The van der Waals surface area contributed by atoms with Gasteiger partial charge in [-0.25, -0.2) is 0 Å². The standard InChI is InChI=1S/C9H12ClNOS/c1-3-11(4-2)9(12)8-5-7(10)6-13-8/h5-6H,3-4H2,1-2H3. The summed E-state index contributed by atoms with van der Waals surface area (Å²) in [5.41, 5.74) is 0. The van der Waals surface area contributed by atoms with Crippen molar-refractivity contribution in [1.29, 1.82) is 0 Å². The Morgan fingerprint density at radius 1 is 1.54 bits per heavy atom. The molecule has 1 aromatic rings. The lowest BCUT2D eigenvalue weighted by Gasteiger charge is -2.17. The van der Waals surface area contributed by atoms with Crippen molar-refractivity contribution in [3.05, 3.63) is 21.3 Å². The molecule has 0 bridgehead atoms. The van der Waals surface area contributed by atoms with Gasteiger partial charge in [0.15, 0.2) is 0 Å². The number of amides is 1. The van der Waals surface area contributed by atoms with Crippen molar-refractivity contribution < 1.29 is 4.79 Å². The van der Waals surface area contributed by atoms with E-state index in [1.165, 1.54) is 11.3 Å². The highest BCUT2D eigenvalue weighted by atomic mass is 35.5. The van der Waals surface area contributed by atoms with Crippen LogP contribution in [-0.4, -0.2) is 23.9 Å². The van der Waals surface area contributed by atoms with Crippen molar-refractivity contribution in [3.8, 4) is 0 Å². The molecule has 0 aliphatic carbocycles.